The molecule has 0 fully saturated rings. The van der Waals surface area contributed by atoms with Crippen LogP contribution in [0.4, 0.5) is 4.39 Å². The summed E-state index contributed by atoms with van der Waals surface area (Å²) in [6, 6.07) is 4.16. The largest absolute Gasteiger partial charge is 0.496 e. The van der Waals surface area contributed by atoms with Gasteiger partial charge in [0.05, 0.1) is 7.11 Å². The standard InChI is InChI=1S/C14H22FNO2/c1-10(2)8-16-9-14(3,17)12-7-11(15)5-6-13(12)18-4/h5-7,10,16-17H,8-9H2,1-4H3. The molecule has 0 aliphatic rings. The van der Waals surface area contributed by atoms with E-state index in [0.717, 1.165) is 6.54 Å². The second-order valence-corrected chi connectivity index (χ2v) is 5.14. The molecule has 2 N–H and O–H groups in total. The van der Waals surface area contributed by atoms with Crippen molar-refractivity contribution < 1.29 is 14.2 Å². The summed E-state index contributed by atoms with van der Waals surface area (Å²) in [6.07, 6.45) is 0. The molecular formula is C14H22FNO2. The molecule has 0 spiro atoms. The van der Waals surface area contributed by atoms with E-state index in [-0.39, 0.29) is 5.82 Å². The van der Waals surface area contributed by atoms with E-state index in [0.29, 0.717) is 23.8 Å². The number of rotatable bonds is 6. The molecule has 0 heterocycles. The lowest BCUT2D eigenvalue weighted by molar-refractivity contribution is 0.0535. The van der Waals surface area contributed by atoms with Crippen LogP contribution in [-0.4, -0.2) is 25.3 Å². The molecule has 1 rings (SSSR count). The zero-order chi connectivity index (χ0) is 13.8. The van der Waals surface area contributed by atoms with E-state index >= 15 is 0 Å². The molecule has 0 amide bonds. The Morgan fingerprint density at radius 2 is 2.11 bits per heavy atom. The number of hydrogen-bond donors (Lipinski definition) is 2. The summed E-state index contributed by atoms with van der Waals surface area (Å²) in [5.74, 6) is 0.609. The SMILES string of the molecule is COc1ccc(F)cc1C(C)(O)CNCC(C)C. The van der Waals surface area contributed by atoms with Crippen molar-refractivity contribution in [1.29, 1.82) is 0 Å². The molecule has 1 aromatic carbocycles. The van der Waals surface area contributed by atoms with Crippen molar-refractivity contribution in [3.8, 4) is 5.75 Å². The predicted octanol–water partition coefficient (Wildman–Crippen LogP) is 2.29. The minimum absolute atomic E-state index is 0.352. The minimum atomic E-state index is -1.16. The predicted molar refractivity (Wildman–Crippen MR) is 70.2 cm³/mol. The Bertz CT molecular complexity index is 391. The molecule has 0 saturated heterocycles. The number of ether oxygens (including phenoxy) is 1. The number of halogens is 1. The van der Waals surface area contributed by atoms with E-state index in [9.17, 15) is 9.50 Å². The third-order valence-electron chi connectivity index (χ3n) is 2.76. The minimum Gasteiger partial charge on any atom is -0.496 e. The van der Waals surface area contributed by atoms with E-state index in [1.165, 1.54) is 25.3 Å². The van der Waals surface area contributed by atoms with E-state index in [1.54, 1.807) is 6.92 Å². The van der Waals surface area contributed by atoms with Gasteiger partial charge in [0.1, 0.15) is 17.2 Å². The summed E-state index contributed by atoms with van der Waals surface area (Å²) in [5.41, 5.74) is -0.705. The first-order valence-corrected chi connectivity index (χ1v) is 6.14. The summed E-state index contributed by atoms with van der Waals surface area (Å²) >= 11 is 0. The second kappa shape index (κ2) is 6.16. The van der Waals surface area contributed by atoms with Crippen molar-refractivity contribution >= 4 is 0 Å². The molecular weight excluding hydrogens is 233 g/mol. The average molecular weight is 255 g/mol. The maximum absolute atomic E-state index is 13.3. The monoisotopic (exact) mass is 255 g/mol. The van der Waals surface area contributed by atoms with Crippen molar-refractivity contribution in [1.82, 2.24) is 5.32 Å². The Morgan fingerprint density at radius 1 is 1.44 bits per heavy atom. The Balaban J connectivity index is 2.85. The van der Waals surface area contributed by atoms with Crippen LogP contribution in [0.25, 0.3) is 0 Å². The molecule has 3 nitrogen and oxygen atoms in total. The van der Waals surface area contributed by atoms with Crippen molar-refractivity contribution in [2.75, 3.05) is 20.2 Å². The number of methoxy groups -OCH3 is 1. The zero-order valence-electron chi connectivity index (χ0n) is 11.5. The highest BCUT2D eigenvalue weighted by atomic mass is 19.1. The molecule has 0 radical (unpaired) electrons. The summed E-state index contributed by atoms with van der Waals surface area (Å²) in [4.78, 5) is 0. The van der Waals surface area contributed by atoms with Gasteiger partial charge in [-0.1, -0.05) is 13.8 Å². The Morgan fingerprint density at radius 3 is 2.67 bits per heavy atom. The molecule has 1 aromatic rings. The molecule has 18 heavy (non-hydrogen) atoms. The van der Waals surface area contributed by atoms with Gasteiger partial charge in [-0.05, 0) is 37.6 Å². The second-order valence-electron chi connectivity index (χ2n) is 5.14. The van der Waals surface area contributed by atoms with Gasteiger partial charge in [-0.2, -0.15) is 0 Å². The average Bonchev–Trinajstić information content (AvgIpc) is 2.28. The first kappa shape index (κ1) is 14.9. The van der Waals surface area contributed by atoms with Crippen LogP contribution in [0.15, 0.2) is 18.2 Å². The van der Waals surface area contributed by atoms with Gasteiger partial charge >= 0.3 is 0 Å². The summed E-state index contributed by atoms with van der Waals surface area (Å²) in [5, 5.41) is 13.6. The zero-order valence-corrected chi connectivity index (χ0v) is 11.5. The highest BCUT2D eigenvalue weighted by Crippen LogP contribution is 2.30. The molecule has 1 atom stereocenters. The highest BCUT2D eigenvalue weighted by molar-refractivity contribution is 5.38. The molecule has 0 bridgehead atoms. The van der Waals surface area contributed by atoms with Gasteiger partial charge in [-0.3, -0.25) is 0 Å². The van der Waals surface area contributed by atoms with Gasteiger partial charge < -0.3 is 15.2 Å². The fourth-order valence-corrected chi connectivity index (χ4v) is 1.80. The van der Waals surface area contributed by atoms with Gasteiger partial charge in [-0.15, -0.1) is 0 Å². The van der Waals surface area contributed by atoms with Crippen LogP contribution >= 0.6 is 0 Å². The normalized spacial score (nSPS) is 14.6. The van der Waals surface area contributed by atoms with Crippen molar-refractivity contribution in [2.24, 2.45) is 5.92 Å². The van der Waals surface area contributed by atoms with Crippen molar-refractivity contribution in [2.45, 2.75) is 26.4 Å². The quantitative estimate of drug-likeness (QED) is 0.819. The van der Waals surface area contributed by atoms with Gasteiger partial charge in [0.2, 0.25) is 0 Å². The van der Waals surface area contributed by atoms with Gasteiger partial charge in [0.25, 0.3) is 0 Å². The maximum Gasteiger partial charge on any atom is 0.125 e. The Labute approximate surface area is 108 Å². The molecule has 0 aliphatic heterocycles. The number of hydrogen-bond acceptors (Lipinski definition) is 3. The summed E-state index contributed by atoms with van der Waals surface area (Å²) in [7, 11) is 1.51. The number of aliphatic hydroxyl groups is 1. The highest BCUT2D eigenvalue weighted by Gasteiger charge is 2.27. The number of nitrogens with one attached hydrogen (secondary N) is 1. The lowest BCUT2D eigenvalue weighted by atomic mass is 9.94. The molecule has 1 unspecified atom stereocenters. The topological polar surface area (TPSA) is 41.5 Å². The molecule has 0 aromatic heterocycles. The maximum atomic E-state index is 13.3. The Hall–Kier alpha value is -1.13. The van der Waals surface area contributed by atoms with Crippen LogP contribution < -0.4 is 10.1 Å². The smallest absolute Gasteiger partial charge is 0.125 e. The molecule has 4 heteroatoms. The first-order valence-electron chi connectivity index (χ1n) is 6.14. The van der Waals surface area contributed by atoms with Crippen LogP contribution in [-0.2, 0) is 5.60 Å². The van der Waals surface area contributed by atoms with Crippen LogP contribution in [0.5, 0.6) is 5.75 Å². The van der Waals surface area contributed by atoms with Gasteiger partial charge in [0.15, 0.2) is 0 Å². The third kappa shape index (κ3) is 3.96. The van der Waals surface area contributed by atoms with E-state index in [1.807, 2.05) is 0 Å². The van der Waals surface area contributed by atoms with Crippen LogP contribution in [0.1, 0.15) is 26.3 Å². The van der Waals surface area contributed by atoms with Crippen LogP contribution in [0, 0.1) is 11.7 Å². The molecule has 0 aliphatic carbocycles. The molecule has 0 saturated carbocycles. The van der Waals surface area contributed by atoms with Crippen molar-refractivity contribution in [3.63, 3.8) is 0 Å². The Kier molecular flexibility index (Phi) is 5.11. The first-order chi connectivity index (χ1) is 8.36. The fourth-order valence-electron chi connectivity index (χ4n) is 1.80. The van der Waals surface area contributed by atoms with Crippen LogP contribution in [0.3, 0.4) is 0 Å². The van der Waals surface area contributed by atoms with Crippen LogP contribution in [0.2, 0.25) is 0 Å². The molecule has 102 valence electrons. The lowest BCUT2D eigenvalue weighted by Crippen LogP contribution is -2.37. The number of benzene rings is 1. The summed E-state index contributed by atoms with van der Waals surface area (Å²) in [6.45, 7) is 6.98. The van der Waals surface area contributed by atoms with Crippen molar-refractivity contribution in [3.05, 3.63) is 29.6 Å². The lowest BCUT2D eigenvalue weighted by Gasteiger charge is -2.26. The van der Waals surface area contributed by atoms with Gasteiger partial charge in [-0.25, -0.2) is 4.39 Å². The van der Waals surface area contributed by atoms with E-state index in [4.69, 9.17) is 4.74 Å². The van der Waals surface area contributed by atoms with Gasteiger partial charge in [0, 0.05) is 12.1 Å². The summed E-state index contributed by atoms with van der Waals surface area (Å²) < 4.78 is 18.4. The van der Waals surface area contributed by atoms with E-state index < -0.39 is 5.60 Å². The fraction of sp³-hybridized carbons (Fsp3) is 0.571. The van der Waals surface area contributed by atoms with E-state index in [2.05, 4.69) is 19.2 Å². The third-order valence-corrected chi connectivity index (χ3v) is 2.76.